The van der Waals surface area contributed by atoms with Gasteiger partial charge in [-0.25, -0.2) is 4.39 Å². The number of unbranched alkanes of at least 4 members (excludes halogenated alkanes) is 1. The largest absolute Gasteiger partial charge is 0.381 e. The van der Waals surface area contributed by atoms with E-state index in [4.69, 9.17) is 4.74 Å². The van der Waals surface area contributed by atoms with Gasteiger partial charge < -0.3 is 4.74 Å². The fourth-order valence-corrected chi connectivity index (χ4v) is 1.34. The second kappa shape index (κ2) is 7.12. The Morgan fingerprint density at radius 1 is 1.31 bits per heavy atom. The number of halogens is 1. The summed E-state index contributed by atoms with van der Waals surface area (Å²) in [5.74, 6) is -0.657. The van der Waals surface area contributed by atoms with Crippen LogP contribution < -0.4 is 0 Å². The van der Waals surface area contributed by atoms with E-state index >= 15 is 0 Å². The van der Waals surface area contributed by atoms with Gasteiger partial charge in [0.15, 0.2) is 5.78 Å². The molecule has 0 saturated heterocycles. The predicted octanol–water partition coefficient (Wildman–Crippen LogP) is 3.22. The maximum atomic E-state index is 13.2. The molecular formula is C13H17FO2. The molecule has 0 aliphatic rings. The van der Waals surface area contributed by atoms with Crippen molar-refractivity contribution in [3.8, 4) is 0 Å². The Labute approximate surface area is 95.4 Å². The second-order valence-electron chi connectivity index (χ2n) is 3.62. The van der Waals surface area contributed by atoms with Gasteiger partial charge in [-0.3, -0.25) is 4.79 Å². The first kappa shape index (κ1) is 12.8. The number of carbonyl (C=O) groups excluding carboxylic acids is 1. The molecule has 0 aliphatic carbocycles. The summed E-state index contributed by atoms with van der Waals surface area (Å²) in [6, 6.07) is 6.03. The minimum atomic E-state index is -0.457. The summed E-state index contributed by atoms with van der Waals surface area (Å²) in [6.07, 6.45) is 2.31. The summed E-state index contributed by atoms with van der Waals surface area (Å²) in [7, 11) is 0. The summed E-state index contributed by atoms with van der Waals surface area (Å²) >= 11 is 0. The van der Waals surface area contributed by atoms with Gasteiger partial charge in [-0.15, -0.1) is 0 Å². The summed E-state index contributed by atoms with van der Waals surface area (Å²) in [5, 5.41) is 0. The zero-order chi connectivity index (χ0) is 11.8. The SMILES string of the molecule is CCCCOCCC(=O)c1ccccc1F. The highest BCUT2D eigenvalue weighted by Gasteiger charge is 2.09. The van der Waals surface area contributed by atoms with Crippen LogP contribution in [0.15, 0.2) is 24.3 Å². The summed E-state index contributed by atoms with van der Waals surface area (Å²) < 4.78 is 18.5. The number of hydrogen-bond donors (Lipinski definition) is 0. The molecule has 0 aliphatic heterocycles. The quantitative estimate of drug-likeness (QED) is 0.525. The van der Waals surface area contributed by atoms with Crippen LogP contribution in [0.25, 0.3) is 0 Å². The van der Waals surface area contributed by atoms with Crippen molar-refractivity contribution in [2.45, 2.75) is 26.2 Å². The van der Waals surface area contributed by atoms with Gasteiger partial charge >= 0.3 is 0 Å². The number of rotatable bonds is 7. The van der Waals surface area contributed by atoms with E-state index in [-0.39, 0.29) is 17.8 Å². The van der Waals surface area contributed by atoms with E-state index in [0.717, 1.165) is 12.8 Å². The van der Waals surface area contributed by atoms with Gasteiger partial charge in [-0.05, 0) is 18.6 Å². The molecule has 0 N–H and O–H groups in total. The molecule has 0 spiro atoms. The average molecular weight is 224 g/mol. The Morgan fingerprint density at radius 3 is 2.75 bits per heavy atom. The number of Topliss-reactive ketones (excluding diaryl/α,β-unsaturated/α-hetero) is 1. The topological polar surface area (TPSA) is 26.3 Å². The zero-order valence-electron chi connectivity index (χ0n) is 9.54. The summed E-state index contributed by atoms with van der Waals surface area (Å²) in [5.41, 5.74) is 0.154. The number of ether oxygens (including phenoxy) is 1. The van der Waals surface area contributed by atoms with Crippen LogP contribution in [0.1, 0.15) is 36.5 Å². The van der Waals surface area contributed by atoms with Crippen LogP contribution in [0.3, 0.4) is 0 Å². The molecule has 1 aromatic carbocycles. The summed E-state index contributed by atoms with van der Waals surface area (Å²) in [4.78, 5) is 11.6. The normalized spacial score (nSPS) is 10.4. The van der Waals surface area contributed by atoms with E-state index in [0.29, 0.717) is 13.2 Å². The van der Waals surface area contributed by atoms with Gasteiger partial charge in [0.1, 0.15) is 5.82 Å². The van der Waals surface area contributed by atoms with Crippen molar-refractivity contribution in [2.75, 3.05) is 13.2 Å². The van der Waals surface area contributed by atoms with E-state index in [1.165, 1.54) is 12.1 Å². The van der Waals surface area contributed by atoms with Crippen LogP contribution in [-0.4, -0.2) is 19.0 Å². The smallest absolute Gasteiger partial charge is 0.168 e. The maximum absolute atomic E-state index is 13.2. The van der Waals surface area contributed by atoms with Gasteiger partial charge in [-0.2, -0.15) is 0 Å². The Bertz CT molecular complexity index is 336. The van der Waals surface area contributed by atoms with Crippen LogP contribution in [0.2, 0.25) is 0 Å². The van der Waals surface area contributed by atoms with Crippen molar-refractivity contribution >= 4 is 5.78 Å². The van der Waals surface area contributed by atoms with Crippen LogP contribution in [-0.2, 0) is 4.74 Å². The highest BCUT2D eigenvalue weighted by atomic mass is 19.1. The molecule has 2 nitrogen and oxygen atoms in total. The Morgan fingerprint density at radius 2 is 2.06 bits per heavy atom. The minimum Gasteiger partial charge on any atom is -0.381 e. The fourth-order valence-electron chi connectivity index (χ4n) is 1.34. The third kappa shape index (κ3) is 4.11. The molecule has 0 unspecified atom stereocenters. The summed E-state index contributed by atoms with van der Waals surface area (Å²) in [6.45, 7) is 3.11. The van der Waals surface area contributed by atoms with Crippen LogP contribution in [0, 0.1) is 5.82 Å². The highest BCUT2D eigenvalue weighted by molar-refractivity contribution is 5.96. The third-order valence-corrected chi connectivity index (χ3v) is 2.29. The molecule has 1 aromatic rings. The van der Waals surface area contributed by atoms with Gasteiger partial charge in [-0.1, -0.05) is 25.5 Å². The molecule has 88 valence electrons. The fraction of sp³-hybridized carbons (Fsp3) is 0.462. The molecule has 0 bridgehead atoms. The average Bonchev–Trinajstić information content (AvgIpc) is 2.29. The van der Waals surface area contributed by atoms with Crippen LogP contribution >= 0.6 is 0 Å². The molecule has 1 rings (SSSR count). The van der Waals surface area contributed by atoms with Crippen molar-refractivity contribution in [1.82, 2.24) is 0 Å². The van der Waals surface area contributed by atoms with Crippen molar-refractivity contribution < 1.29 is 13.9 Å². The third-order valence-electron chi connectivity index (χ3n) is 2.29. The molecule has 16 heavy (non-hydrogen) atoms. The molecule has 0 heterocycles. The number of benzene rings is 1. The zero-order valence-corrected chi connectivity index (χ0v) is 9.54. The van der Waals surface area contributed by atoms with E-state index in [1.807, 2.05) is 0 Å². The van der Waals surface area contributed by atoms with Crippen molar-refractivity contribution in [3.05, 3.63) is 35.6 Å². The molecule has 0 saturated carbocycles. The van der Waals surface area contributed by atoms with E-state index in [1.54, 1.807) is 12.1 Å². The standard InChI is InChI=1S/C13H17FO2/c1-2-3-9-16-10-8-13(15)11-6-4-5-7-12(11)14/h4-7H,2-3,8-10H2,1H3. The molecule has 0 atom stereocenters. The van der Waals surface area contributed by atoms with Gasteiger partial charge in [0.25, 0.3) is 0 Å². The molecule has 0 amide bonds. The lowest BCUT2D eigenvalue weighted by atomic mass is 10.1. The molecule has 0 aromatic heterocycles. The number of hydrogen-bond acceptors (Lipinski definition) is 2. The van der Waals surface area contributed by atoms with E-state index < -0.39 is 5.82 Å². The van der Waals surface area contributed by atoms with E-state index in [9.17, 15) is 9.18 Å². The molecule has 3 heteroatoms. The molecule has 0 radical (unpaired) electrons. The number of ketones is 1. The van der Waals surface area contributed by atoms with Crippen molar-refractivity contribution in [2.24, 2.45) is 0 Å². The first-order chi connectivity index (χ1) is 7.75. The van der Waals surface area contributed by atoms with Crippen LogP contribution in [0.4, 0.5) is 4.39 Å². The predicted molar refractivity (Wildman–Crippen MR) is 61.1 cm³/mol. The molecular weight excluding hydrogens is 207 g/mol. The number of carbonyl (C=O) groups is 1. The van der Waals surface area contributed by atoms with Crippen molar-refractivity contribution in [1.29, 1.82) is 0 Å². The van der Waals surface area contributed by atoms with E-state index in [2.05, 4.69) is 6.92 Å². The first-order valence-electron chi connectivity index (χ1n) is 5.61. The van der Waals surface area contributed by atoms with Crippen LogP contribution in [0.5, 0.6) is 0 Å². The lowest BCUT2D eigenvalue weighted by Crippen LogP contribution is -2.07. The van der Waals surface area contributed by atoms with Gasteiger partial charge in [0.05, 0.1) is 12.2 Å². The Hall–Kier alpha value is -1.22. The molecule has 0 fully saturated rings. The first-order valence-corrected chi connectivity index (χ1v) is 5.61. The van der Waals surface area contributed by atoms with Crippen molar-refractivity contribution in [3.63, 3.8) is 0 Å². The lowest BCUT2D eigenvalue weighted by molar-refractivity contribution is 0.0870. The Kier molecular flexibility index (Phi) is 5.72. The highest BCUT2D eigenvalue weighted by Crippen LogP contribution is 2.09. The monoisotopic (exact) mass is 224 g/mol. The minimum absolute atomic E-state index is 0.154. The van der Waals surface area contributed by atoms with Gasteiger partial charge in [0.2, 0.25) is 0 Å². The lowest BCUT2D eigenvalue weighted by Gasteiger charge is -2.03. The second-order valence-corrected chi connectivity index (χ2v) is 3.62. The van der Waals surface area contributed by atoms with Gasteiger partial charge in [0, 0.05) is 13.0 Å². The Balaban J connectivity index is 2.33. The maximum Gasteiger partial charge on any atom is 0.168 e.